The van der Waals surface area contributed by atoms with Crippen LogP contribution in [0, 0.1) is 13.8 Å². The number of thioether (sulfide) groups is 1. The van der Waals surface area contributed by atoms with Crippen LogP contribution >= 0.6 is 24.0 Å². The number of aryl methyl sites for hydroxylation is 1. The second-order valence-electron chi connectivity index (χ2n) is 5.88. The van der Waals surface area contributed by atoms with E-state index in [9.17, 15) is 9.59 Å². The van der Waals surface area contributed by atoms with Crippen molar-refractivity contribution in [2.75, 3.05) is 5.32 Å². The topological polar surface area (TPSA) is 62.6 Å². The summed E-state index contributed by atoms with van der Waals surface area (Å²) in [6.45, 7) is 4.25. The monoisotopic (exact) mass is 374 g/mol. The van der Waals surface area contributed by atoms with Crippen molar-refractivity contribution < 1.29 is 14.0 Å². The molecule has 1 aliphatic heterocycles. The van der Waals surface area contributed by atoms with E-state index in [1.54, 1.807) is 18.4 Å². The van der Waals surface area contributed by atoms with Crippen molar-refractivity contribution in [1.82, 2.24) is 4.90 Å². The lowest BCUT2D eigenvalue weighted by Crippen LogP contribution is -2.32. The van der Waals surface area contributed by atoms with E-state index in [1.165, 1.54) is 16.7 Å². The van der Waals surface area contributed by atoms with E-state index in [4.69, 9.17) is 16.6 Å². The van der Waals surface area contributed by atoms with Crippen LogP contribution in [-0.4, -0.2) is 26.3 Å². The number of hydrogen-bond acceptors (Lipinski definition) is 5. The van der Waals surface area contributed by atoms with Crippen LogP contribution in [0.2, 0.25) is 0 Å². The third kappa shape index (κ3) is 3.93. The minimum Gasteiger partial charge on any atom is -0.467 e. The maximum Gasteiger partial charge on any atom is 0.242 e. The molecule has 1 N–H and O–H groups in total. The predicted molar refractivity (Wildman–Crippen MR) is 102 cm³/mol. The summed E-state index contributed by atoms with van der Waals surface area (Å²) in [5.74, 6) is 0.321. The number of hydrogen-bond donors (Lipinski definition) is 1. The Hall–Kier alpha value is -2.12. The Kier molecular flexibility index (Phi) is 5.24. The van der Waals surface area contributed by atoms with Gasteiger partial charge in [0, 0.05) is 12.1 Å². The molecule has 1 aromatic heterocycles. The average molecular weight is 374 g/mol. The highest BCUT2D eigenvalue weighted by Gasteiger charge is 2.38. The molecule has 130 valence electrons. The van der Waals surface area contributed by atoms with Gasteiger partial charge >= 0.3 is 0 Å². The maximum absolute atomic E-state index is 12.5. The fourth-order valence-electron chi connectivity index (χ4n) is 2.59. The second kappa shape index (κ2) is 7.41. The quantitative estimate of drug-likeness (QED) is 0.810. The van der Waals surface area contributed by atoms with Gasteiger partial charge in [0.1, 0.15) is 10.1 Å². The van der Waals surface area contributed by atoms with Crippen LogP contribution in [-0.2, 0) is 16.1 Å². The highest BCUT2D eigenvalue weighted by molar-refractivity contribution is 8.24. The Labute approximate surface area is 155 Å². The number of furan rings is 1. The summed E-state index contributed by atoms with van der Waals surface area (Å²) in [4.78, 5) is 26.4. The highest BCUT2D eigenvalue weighted by Crippen LogP contribution is 2.31. The van der Waals surface area contributed by atoms with E-state index in [0.717, 1.165) is 16.8 Å². The molecule has 1 saturated heterocycles. The molecular weight excluding hydrogens is 356 g/mol. The van der Waals surface area contributed by atoms with Crippen molar-refractivity contribution in [3.05, 3.63) is 53.5 Å². The van der Waals surface area contributed by atoms with Crippen LogP contribution < -0.4 is 5.32 Å². The number of anilines is 1. The lowest BCUT2D eigenvalue weighted by Gasteiger charge is -2.14. The van der Waals surface area contributed by atoms with Gasteiger partial charge in [-0.1, -0.05) is 36.1 Å². The standard InChI is InChI=1S/C18H18N2O3S2/c1-11-5-3-7-14(12(11)2)19-16(21)9-15-17(22)20(18(24)25-15)10-13-6-4-8-23-13/h3-8,15H,9-10H2,1-2H3,(H,19,21). The summed E-state index contributed by atoms with van der Waals surface area (Å²) in [6, 6.07) is 9.31. The molecule has 0 bridgehead atoms. The molecule has 2 heterocycles. The van der Waals surface area contributed by atoms with Gasteiger partial charge < -0.3 is 9.73 Å². The van der Waals surface area contributed by atoms with Crippen molar-refractivity contribution in [3.63, 3.8) is 0 Å². The van der Waals surface area contributed by atoms with Gasteiger partial charge in [-0.15, -0.1) is 0 Å². The minimum absolute atomic E-state index is 0.0890. The number of carbonyl (C=O) groups is 2. The minimum atomic E-state index is -0.493. The summed E-state index contributed by atoms with van der Waals surface area (Å²) in [6.07, 6.45) is 1.65. The Bertz CT molecular complexity index is 818. The summed E-state index contributed by atoms with van der Waals surface area (Å²) in [5.41, 5.74) is 2.90. The summed E-state index contributed by atoms with van der Waals surface area (Å²) in [5, 5.41) is 2.40. The fraction of sp³-hybridized carbons (Fsp3) is 0.278. The fourth-order valence-corrected chi connectivity index (χ4v) is 4.08. The largest absolute Gasteiger partial charge is 0.467 e. The van der Waals surface area contributed by atoms with Crippen LogP contribution in [0.25, 0.3) is 0 Å². The van der Waals surface area contributed by atoms with Crippen LogP contribution in [0.4, 0.5) is 5.69 Å². The number of thiocarbonyl (C=S) groups is 1. The SMILES string of the molecule is Cc1cccc(NC(=O)CC2SC(=S)N(Cc3ccco3)C2=O)c1C. The first-order chi connectivity index (χ1) is 12.0. The lowest BCUT2D eigenvalue weighted by molar-refractivity contribution is -0.128. The van der Waals surface area contributed by atoms with E-state index >= 15 is 0 Å². The first-order valence-corrected chi connectivity index (χ1v) is 9.15. The molecule has 1 aromatic carbocycles. The van der Waals surface area contributed by atoms with Gasteiger partial charge in [0.25, 0.3) is 0 Å². The molecule has 1 unspecified atom stereocenters. The van der Waals surface area contributed by atoms with E-state index < -0.39 is 5.25 Å². The Balaban J connectivity index is 1.63. The zero-order valence-corrected chi connectivity index (χ0v) is 15.6. The zero-order valence-electron chi connectivity index (χ0n) is 13.9. The van der Waals surface area contributed by atoms with Crippen molar-refractivity contribution in [1.29, 1.82) is 0 Å². The van der Waals surface area contributed by atoms with Crippen molar-refractivity contribution in [2.24, 2.45) is 0 Å². The first kappa shape index (κ1) is 17.7. The Morgan fingerprint density at radius 1 is 1.32 bits per heavy atom. The average Bonchev–Trinajstić information content (AvgIpc) is 3.16. The molecule has 0 radical (unpaired) electrons. The lowest BCUT2D eigenvalue weighted by atomic mass is 10.1. The van der Waals surface area contributed by atoms with Gasteiger partial charge in [-0.25, -0.2) is 0 Å². The number of carbonyl (C=O) groups excluding carboxylic acids is 2. The maximum atomic E-state index is 12.5. The number of nitrogens with one attached hydrogen (secondary N) is 1. The number of amides is 2. The van der Waals surface area contributed by atoms with Gasteiger partial charge in [0.15, 0.2) is 0 Å². The number of nitrogens with zero attached hydrogens (tertiary/aromatic N) is 1. The summed E-state index contributed by atoms with van der Waals surface area (Å²) >= 11 is 6.54. The van der Waals surface area contributed by atoms with Crippen molar-refractivity contribution >= 4 is 45.8 Å². The second-order valence-corrected chi connectivity index (χ2v) is 7.71. The molecule has 1 atom stereocenters. The van der Waals surface area contributed by atoms with Crippen LogP contribution in [0.3, 0.4) is 0 Å². The van der Waals surface area contributed by atoms with E-state index in [1.807, 2.05) is 32.0 Å². The first-order valence-electron chi connectivity index (χ1n) is 7.86. The van der Waals surface area contributed by atoms with Crippen LogP contribution in [0.5, 0.6) is 0 Å². The van der Waals surface area contributed by atoms with Crippen LogP contribution in [0.1, 0.15) is 23.3 Å². The van der Waals surface area contributed by atoms with E-state index in [-0.39, 0.29) is 18.2 Å². The van der Waals surface area contributed by atoms with Gasteiger partial charge in [0.05, 0.1) is 18.1 Å². The summed E-state index contributed by atoms with van der Waals surface area (Å²) < 4.78 is 5.75. The molecule has 5 nitrogen and oxygen atoms in total. The molecule has 1 aliphatic rings. The van der Waals surface area contributed by atoms with Gasteiger partial charge in [-0.3, -0.25) is 14.5 Å². The van der Waals surface area contributed by atoms with Gasteiger partial charge in [0.2, 0.25) is 11.8 Å². The van der Waals surface area contributed by atoms with Crippen molar-refractivity contribution in [2.45, 2.75) is 32.1 Å². The Morgan fingerprint density at radius 3 is 2.84 bits per heavy atom. The molecule has 1 fully saturated rings. The third-order valence-corrected chi connectivity index (χ3v) is 5.73. The molecule has 7 heteroatoms. The van der Waals surface area contributed by atoms with Gasteiger partial charge in [-0.2, -0.15) is 0 Å². The Morgan fingerprint density at radius 2 is 2.12 bits per heavy atom. The van der Waals surface area contributed by atoms with Gasteiger partial charge in [-0.05, 0) is 43.2 Å². The molecule has 3 rings (SSSR count). The number of rotatable bonds is 5. The van der Waals surface area contributed by atoms with Crippen molar-refractivity contribution in [3.8, 4) is 0 Å². The molecular formula is C18H18N2O3S2. The smallest absolute Gasteiger partial charge is 0.242 e. The molecule has 2 amide bonds. The normalized spacial score (nSPS) is 17.2. The molecule has 0 saturated carbocycles. The van der Waals surface area contributed by atoms with E-state index in [2.05, 4.69) is 5.32 Å². The van der Waals surface area contributed by atoms with Crippen LogP contribution in [0.15, 0.2) is 41.0 Å². The molecule has 0 aliphatic carbocycles. The van der Waals surface area contributed by atoms with E-state index in [0.29, 0.717) is 16.6 Å². The summed E-state index contributed by atoms with van der Waals surface area (Å²) in [7, 11) is 0. The zero-order chi connectivity index (χ0) is 18.0. The molecule has 0 spiro atoms. The highest BCUT2D eigenvalue weighted by atomic mass is 32.2. The third-order valence-electron chi connectivity index (χ3n) is 4.15. The predicted octanol–water partition coefficient (Wildman–Crippen LogP) is 3.65. The molecule has 2 aromatic rings. The molecule has 25 heavy (non-hydrogen) atoms. The number of benzene rings is 1.